The predicted molar refractivity (Wildman–Crippen MR) is 96.7 cm³/mol. The summed E-state index contributed by atoms with van der Waals surface area (Å²) in [5.41, 5.74) is 3.65. The van der Waals surface area contributed by atoms with Crippen LogP contribution in [0.1, 0.15) is 40.8 Å². The van der Waals surface area contributed by atoms with Gasteiger partial charge in [0.25, 0.3) is 5.91 Å². The molecule has 1 atom stereocenters. The number of carbonyl (C=O) groups excluding carboxylic acids is 1. The van der Waals surface area contributed by atoms with Gasteiger partial charge in [0.1, 0.15) is 11.5 Å². The maximum Gasteiger partial charge on any atom is 0.270 e. The maximum absolute atomic E-state index is 12.8. The number of hydrogen-bond acceptors (Lipinski definition) is 4. The summed E-state index contributed by atoms with van der Waals surface area (Å²) in [5.74, 6) is 1.43. The molecule has 6 nitrogen and oxygen atoms in total. The first-order valence-electron chi connectivity index (χ1n) is 8.51. The highest BCUT2D eigenvalue weighted by Crippen LogP contribution is 2.27. The van der Waals surface area contributed by atoms with Gasteiger partial charge in [-0.25, -0.2) is 9.97 Å². The van der Waals surface area contributed by atoms with Gasteiger partial charge < -0.3 is 14.0 Å². The van der Waals surface area contributed by atoms with Crippen molar-refractivity contribution in [1.82, 2.24) is 24.0 Å². The van der Waals surface area contributed by atoms with Crippen molar-refractivity contribution in [3.05, 3.63) is 58.8 Å². The summed E-state index contributed by atoms with van der Waals surface area (Å²) in [6.07, 6.45) is 7.83. The predicted octanol–water partition coefficient (Wildman–Crippen LogP) is 2.75. The third kappa shape index (κ3) is 3.24. The van der Waals surface area contributed by atoms with Gasteiger partial charge in [-0.2, -0.15) is 0 Å². The van der Waals surface area contributed by atoms with Crippen molar-refractivity contribution in [2.45, 2.75) is 25.3 Å². The third-order valence-electron chi connectivity index (χ3n) is 4.80. The Morgan fingerprint density at radius 2 is 2.28 bits per heavy atom. The molecule has 7 heteroatoms. The van der Waals surface area contributed by atoms with Crippen LogP contribution in [0.25, 0.3) is 0 Å². The molecular weight excluding hydrogens is 334 g/mol. The molecule has 1 aliphatic rings. The first kappa shape index (κ1) is 16.1. The number of rotatable bonds is 4. The van der Waals surface area contributed by atoms with Crippen molar-refractivity contribution in [2.24, 2.45) is 7.05 Å². The standard InChI is InChI=1S/C18H21N5OS/c1-21-7-3-5-16(21)18(24)23-8-2-4-14(10-23)17-19-6-9-22(17)11-15-12-25-13-20-15/h3,5-7,9,12-14H,2,4,8,10-11H2,1H3. The molecule has 0 aliphatic carbocycles. The normalized spacial score (nSPS) is 17.8. The Bertz CT molecular complexity index is 851. The second-order valence-electron chi connectivity index (χ2n) is 6.49. The van der Waals surface area contributed by atoms with E-state index in [9.17, 15) is 4.79 Å². The SMILES string of the molecule is Cn1cccc1C(=O)N1CCCC(c2nccn2Cc2cscn2)C1. The fraction of sp³-hybridized carbons (Fsp3) is 0.389. The number of hydrogen-bond donors (Lipinski definition) is 0. The summed E-state index contributed by atoms with van der Waals surface area (Å²) in [7, 11) is 1.91. The molecule has 4 heterocycles. The number of piperidine rings is 1. The highest BCUT2D eigenvalue weighted by molar-refractivity contribution is 7.07. The zero-order valence-electron chi connectivity index (χ0n) is 14.2. The third-order valence-corrected chi connectivity index (χ3v) is 5.44. The monoisotopic (exact) mass is 355 g/mol. The van der Waals surface area contributed by atoms with Crippen LogP contribution in [-0.2, 0) is 13.6 Å². The molecule has 0 saturated carbocycles. The van der Waals surface area contributed by atoms with Crippen molar-refractivity contribution in [1.29, 1.82) is 0 Å². The van der Waals surface area contributed by atoms with Crippen molar-refractivity contribution in [3.8, 4) is 0 Å². The Hall–Kier alpha value is -2.41. The summed E-state index contributed by atoms with van der Waals surface area (Å²) >= 11 is 1.61. The van der Waals surface area contributed by atoms with Crippen molar-refractivity contribution in [3.63, 3.8) is 0 Å². The Kier molecular flexibility index (Phi) is 4.40. The summed E-state index contributed by atoms with van der Waals surface area (Å²) in [4.78, 5) is 23.7. The molecule has 25 heavy (non-hydrogen) atoms. The molecule has 0 aromatic carbocycles. The highest BCUT2D eigenvalue weighted by atomic mass is 32.1. The van der Waals surface area contributed by atoms with Crippen LogP contribution >= 0.6 is 11.3 Å². The fourth-order valence-electron chi connectivity index (χ4n) is 3.52. The molecule has 1 saturated heterocycles. The van der Waals surface area contributed by atoms with E-state index in [4.69, 9.17) is 0 Å². The van der Waals surface area contributed by atoms with Gasteiger partial charge in [-0.15, -0.1) is 11.3 Å². The Balaban J connectivity index is 1.51. The number of nitrogens with zero attached hydrogens (tertiary/aromatic N) is 5. The van der Waals surface area contributed by atoms with Gasteiger partial charge in [-0.05, 0) is 25.0 Å². The molecule has 1 aliphatic heterocycles. The quantitative estimate of drug-likeness (QED) is 0.723. The van der Waals surface area contributed by atoms with E-state index in [1.807, 2.05) is 52.7 Å². The molecule has 1 unspecified atom stereocenters. The lowest BCUT2D eigenvalue weighted by atomic mass is 9.96. The van der Waals surface area contributed by atoms with Crippen LogP contribution in [0, 0.1) is 0 Å². The summed E-state index contributed by atoms with van der Waals surface area (Å²) in [5, 5.41) is 2.07. The number of amides is 1. The minimum Gasteiger partial charge on any atom is -0.347 e. The van der Waals surface area contributed by atoms with E-state index >= 15 is 0 Å². The van der Waals surface area contributed by atoms with Crippen LogP contribution < -0.4 is 0 Å². The van der Waals surface area contributed by atoms with E-state index in [0.29, 0.717) is 0 Å². The van der Waals surface area contributed by atoms with Crippen molar-refractivity contribution >= 4 is 17.2 Å². The van der Waals surface area contributed by atoms with E-state index in [1.54, 1.807) is 11.3 Å². The molecule has 1 fully saturated rings. The number of imidazole rings is 1. The number of carbonyl (C=O) groups is 1. The van der Waals surface area contributed by atoms with Crippen molar-refractivity contribution < 1.29 is 4.79 Å². The van der Waals surface area contributed by atoms with Gasteiger partial charge in [0.05, 0.1) is 17.7 Å². The lowest BCUT2D eigenvalue weighted by Gasteiger charge is -2.32. The molecule has 0 spiro atoms. The second kappa shape index (κ2) is 6.84. The van der Waals surface area contributed by atoms with Crippen molar-refractivity contribution in [2.75, 3.05) is 13.1 Å². The Labute approximate surface area is 150 Å². The van der Waals surface area contributed by atoms with E-state index < -0.39 is 0 Å². The van der Waals surface area contributed by atoms with Crippen LogP contribution in [0.15, 0.2) is 41.6 Å². The molecule has 0 N–H and O–H groups in total. The largest absolute Gasteiger partial charge is 0.347 e. The lowest BCUT2D eigenvalue weighted by molar-refractivity contribution is 0.0693. The Morgan fingerprint density at radius 3 is 3.04 bits per heavy atom. The van der Waals surface area contributed by atoms with E-state index in [1.165, 1.54) is 0 Å². The van der Waals surface area contributed by atoms with Crippen LogP contribution in [0.5, 0.6) is 0 Å². The molecule has 0 radical (unpaired) electrons. The molecular formula is C18H21N5OS. The fourth-order valence-corrected chi connectivity index (χ4v) is 4.07. The average molecular weight is 355 g/mol. The van der Waals surface area contributed by atoms with Crippen LogP contribution in [-0.4, -0.2) is 43.0 Å². The zero-order chi connectivity index (χ0) is 17.2. The summed E-state index contributed by atoms with van der Waals surface area (Å²) in [6.45, 7) is 2.27. The van der Waals surface area contributed by atoms with E-state index in [2.05, 4.69) is 19.9 Å². The number of likely N-dealkylation sites (tertiary alicyclic amines) is 1. The van der Waals surface area contributed by atoms with Crippen LogP contribution in [0.4, 0.5) is 0 Å². The number of aromatic nitrogens is 4. The topological polar surface area (TPSA) is 56.0 Å². The van der Waals surface area contributed by atoms with Gasteiger partial charge in [0, 0.05) is 50.0 Å². The molecule has 3 aromatic rings. The van der Waals surface area contributed by atoms with Crippen LogP contribution in [0.3, 0.4) is 0 Å². The van der Waals surface area contributed by atoms with Gasteiger partial charge in [-0.3, -0.25) is 4.79 Å². The highest BCUT2D eigenvalue weighted by Gasteiger charge is 2.28. The minimum absolute atomic E-state index is 0.106. The lowest BCUT2D eigenvalue weighted by Crippen LogP contribution is -2.40. The van der Waals surface area contributed by atoms with Gasteiger partial charge in [0.2, 0.25) is 0 Å². The zero-order valence-corrected chi connectivity index (χ0v) is 15.0. The summed E-state index contributed by atoms with van der Waals surface area (Å²) < 4.78 is 4.05. The molecule has 0 bridgehead atoms. The van der Waals surface area contributed by atoms with E-state index in [0.717, 1.165) is 49.7 Å². The second-order valence-corrected chi connectivity index (χ2v) is 7.21. The first-order chi connectivity index (χ1) is 12.2. The number of aryl methyl sites for hydroxylation is 1. The van der Waals surface area contributed by atoms with Crippen LogP contribution in [0.2, 0.25) is 0 Å². The molecule has 1 amide bonds. The Morgan fingerprint density at radius 1 is 1.36 bits per heavy atom. The molecule has 4 rings (SSSR count). The first-order valence-corrected chi connectivity index (χ1v) is 9.45. The molecule has 130 valence electrons. The van der Waals surface area contributed by atoms with Gasteiger partial charge in [0.15, 0.2) is 0 Å². The van der Waals surface area contributed by atoms with Gasteiger partial charge in [-0.1, -0.05) is 0 Å². The maximum atomic E-state index is 12.8. The molecule has 3 aromatic heterocycles. The number of thiazole rings is 1. The summed E-state index contributed by atoms with van der Waals surface area (Å²) in [6, 6.07) is 3.80. The smallest absolute Gasteiger partial charge is 0.270 e. The average Bonchev–Trinajstić information content (AvgIpc) is 3.37. The van der Waals surface area contributed by atoms with E-state index in [-0.39, 0.29) is 11.8 Å². The minimum atomic E-state index is 0.106. The van der Waals surface area contributed by atoms with Gasteiger partial charge >= 0.3 is 0 Å².